The molecule has 0 aromatic heterocycles. The first-order chi connectivity index (χ1) is 16.0. The van der Waals surface area contributed by atoms with Crippen LogP contribution in [-0.4, -0.2) is 33.0 Å². The molecule has 8 heteroatoms. The van der Waals surface area contributed by atoms with Gasteiger partial charge in [0.15, 0.2) is 11.2 Å². The van der Waals surface area contributed by atoms with Crippen LogP contribution in [0.1, 0.15) is 24.1 Å². The average molecular weight is 475 g/mol. The lowest BCUT2D eigenvalue weighted by Crippen LogP contribution is -2.41. The molecule has 33 heavy (non-hydrogen) atoms. The van der Waals surface area contributed by atoms with Crippen molar-refractivity contribution in [2.75, 3.05) is 5.32 Å². The van der Waals surface area contributed by atoms with E-state index < -0.39 is 11.3 Å². The van der Waals surface area contributed by atoms with Crippen molar-refractivity contribution in [1.29, 1.82) is 0 Å². The first-order valence-corrected chi connectivity index (χ1v) is 11.6. The number of rotatable bonds is 4. The molecule has 0 bridgehead atoms. The van der Waals surface area contributed by atoms with Crippen molar-refractivity contribution in [1.82, 2.24) is 4.90 Å². The van der Waals surface area contributed by atoms with Crippen LogP contribution in [0.15, 0.2) is 88.8 Å². The number of benzene rings is 3. The number of nitrogens with one attached hydrogen (secondary N) is 1. The van der Waals surface area contributed by atoms with Crippen LogP contribution in [0, 0.1) is 0 Å². The van der Waals surface area contributed by atoms with E-state index in [0.717, 1.165) is 16.8 Å². The number of carbonyl (C=O) groups is 2. The Bertz CT molecular complexity index is 1290. The molecule has 2 unspecified atom stereocenters. The van der Waals surface area contributed by atoms with Crippen LogP contribution in [0.5, 0.6) is 0 Å². The zero-order valence-electron chi connectivity index (χ0n) is 17.6. The molecule has 0 saturated heterocycles. The number of para-hydroxylation sites is 1. The molecule has 0 radical (unpaired) electrons. The lowest BCUT2D eigenvalue weighted by Gasteiger charge is -2.26. The van der Waals surface area contributed by atoms with Crippen LogP contribution >= 0.6 is 23.4 Å². The molecule has 2 aliphatic heterocycles. The van der Waals surface area contributed by atoms with Crippen LogP contribution in [0.25, 0.3) is 0 Å². The maximum Gasteiger partial charge on any atom is 0.263 e. The molecule has 0 saturated carbocycles. The van der Waals surface area contributed by atoms with E-state index in [1.54, 1.807) is 31.2 Å². The quantitative estimate of drug-likeness (QED) is 0.547. The summed E-state index contributed by atoms with van der Waals surface area (Å²) in [6, 6.07) is 23.3. The highest BCUT2D eigenvalue weighted by Crippen LogP contribution is 2.38. The second-order valence-electron chi connectivity index (χ2n) is 7.61. The molecular formula is C25H19ClN4O2S. The third kappa shape index (κ3) is 4.17. The molecule has 6 nitrogen and oxygen atoms in total. The summed E-state index contributed by atoms with van der Waals surface area (Å²) in [5, 5.41) is 3.41. The Kier molecular flexibility index (Phi) is 5.74. The summed E-state index contributed by atoms with van der Waals surface area (Å²) in [4.78, 5) is 37.3. The minimum atomic E-state index is -0.642. The van der Waals surface area contributed by atoms with Crippen molar-refractivity contribution in [2.45, 2.75) is 18.2 Å². The van der Waals surface area contributed by atoms with E-state index in [4.69, 9.17) is 21.6 Å². The molecule has 2 aliphatic rings. The van der Waals surface area contributed by atoms with Gasteiger partial charge in [-0.15, -0.1) is 0 Å². The predicted molar refractivity (Wildman–Crippen MR) is 133 cm³/mol. The molecule has 3 aromatic rings. The number of halogens is 1. The van der Waals surface area contributed by atoms with Crippen LogP contribution in [0.4, 0.5) is 11.4 Å². The molecule has 0 spiro atoms. The van der Waals surface area contributed by atoms with E-state index in [-0.39, 0.29) is 11.8 Å². The number of amides is 2. The number of amidine groups is 2. The van der Waals surface area contributed by atoms with Crippen molar-refractivity contribution in [3.63, 3.8) is 0 Å². The highest BCUT2D eigenvalue weighted by molar-refractivity contribution is 8.15. The normalized spacial score (nSPS) is 17.6. The van der Waals surface area contributed by atoms with Gasteiger partial charge in [0.05, 0.1) is 10.9 Å². The Hall–Kier alpha value is -3.42. The second-order valence-corrected chi connectivity index (χ2v) is 9.35. The Morgan fingerprint density at radius 1 is 1.03 bits per heavy atom. The van der Waals surface area contributed by atoms with Crippen LogP contribution in [0.3, 0.4) is 0 Å². The number of anilines is 1. The van der Waals surface area contributed by atoms with E-state index in [2.05, 4.69) is 5.32 Å². The van der Waals surface area contributed by atoms with Crippen molar-refractivity contribution >= 4 is 57.6 Å². The Labute approximate surface area is 200 Å². The topological polar surface area (TPSA) is 74.1 Å². The van der Waals surface area contributed by atoms with Gasteiger partial charge in [0.25, 0.3) is 5.91 Å². The maximum absolute atomic E-state index is 13.4. The molecule has 2 heterocycles. The van der Waals surface area contributed by atoms with Crippen LogP contribution in [-0.2, 0) is 9.59 Å². The lowest BCUT2D eigenvalue weighted by atomic mass is 10.1. The Morgan fingerprint density at radius 2 is 1.73 bits per heavy atom. The summed E-state index contributed by atoms with van der Waals surface area (Å²) in [5.41, 5.74) is 2.99. The monoisotopic (exact) mass is 474 g/mol. The first kappa shape index (κ1) is 21.4. The van der Waals surface area contributed by atoms with Gasteiger partial charge in [-0.05, 0) is 48.9 Å². The highest BCUT2D eigenvalue weighted by atomic mass is 35.5. The fourth-order valence-corrected chi connectivity index (χ4v) is 4.71. The molecule has 164 valence electrons. The molecule has 5 rings (SSSR count). The number of carbonyl (C=O) groups excluding carboxylic acids is 2. The molecule has 0 fully saturated rings. The van der Waals surface area contributed by atoms with E-state index in [1.807, 2.05) is 54.6 Å². The SMILES string of the molecule is CC(SC1=Nc2ccccc2C2=NC(c3ccccc3)C(=O)N12)C(=O)Nc1ccc(Cl)cc1. The second kappa shape index (κ2) is 8.84. The fourth-order valence-electron chi connectivity index (χ4n) is 3.67. The number of fused-ring (bicyclic) bond motifs is 3. The van der Waals surface area contributed by atoms with Gasteiger partial charge in [0.1, 0.15) is 5.84 Å². The number of thioether (sulfide) groups is 1. The largest absolute Gasteiger partial charge is 0.325 e. The lowest BCUT2D eigenvalue weighted by molar-refractivity contribution is -0.124. The zero-order chi connectivity index (χ0) is 22.9. The summed E-state index contributed by atoms with van der Waals surface area (Å²) in [6.07, 6.45) is 0. The summed E-state index contributed by atoms with van der Waals surface area (Å²) in [6.45, 7) is 1.78. The zero-order valence-corrected chi connectivity index (χ0v) is 19.2. The van der Waals surface area contributed by atoms with Crippen LogP contribution in [0.2, 0.25) is 5.02 Å². The van der Waals surface area contributed by atoms with Crippen molar-refractivity contribution in [3.8, 4) is 0 Å². The minimum absolute atomic E-state index is 0.178. The van der Waals surface area contributed by atoms with Gasteiger partial charge < -0.3 is 5.32 Å². The van der Waals surface area contributed by atoms with Crippen molar-refractivity contribution in [3.05, 3.63) is 95.0 Å². The Balaban J connectivity index is 1.43. The first-order valence-electron chi connectivity index (χ1n) is 10.4. The van der Waals surface area contributed by atoms with Gasteiger partial charge >= 0.3 is 0 Å². The molecule has 3 aromatic carbocycles. The third-order valence-electron chi connectivity index (χ3n) is 5.35. The van der Waals surface area contributed by atoms with E-state index >= 15 is 0 Å². The number of hydrogen-bond acceptors (Lipinski definition) is 5. The molecule has 0 aliphatic carbocycles. The minimum Gasteiger partial charge on any atom is -0.325 e. The smallest absolute Gasteiger partial charge is 0.263 e. The van der Waals surface area contributed by atoms with E-state index in [0.29, 0.717) is 21.7 Å². The standard InChI is InChI=1S/C25H19ClN4O2S/c1-15(23(31)27-18-13-11-17(26)12-14-18)33-25-28-20-10-6-5-9-19(20)22-29-21(24(32)30(22)25)16-7-3-2-4-8-16/h2-15,21H,1H3,(H,27,31). The number of aliphatic imine (C=N–C) groups is 2. The average Bonchev–Trinajstić information content (AvgIpc) is 3.19. The van der Waals surface area contributed by atoms with Gasteiger partial charge in [-0.2, -0.15) is 0 Å². The Morgan fingerprint density at radius 3 is 2.48 bits per heavy atom. The molecule has 1 N–H and O–H groups in total. The van der Waals surface area contributed by atoms with Gasteiger partial charge in [-0.25, -0.2) is 14.9 Å². The summed E-state index contributed by atoms with van der Waals surface area (Å²) in [5.74, 6) is 0.183. The molecule has 2 amide bonds. The molecule has 2 atom stereocenters. The number of nitrogens with zero attached hydrogens (tertiary/aromatic N) is 3. The van der Waals surface area contributed by atoms with E-state index in [9.17, 15) is 9.59 Å². The van der Waals surface area contributed by atoms with Crippen molar-refractivity contribution in [2.24, 2.45) is 9.98 Å². The van der Waals surface area contributed by atoms with E-state index in [1.165, 1.54) is 16.7 Å². The molecular weight excluding hydrogens is 456 g/mol. The number of hydrogen-bond donors (Lipinski definition) is 1. The fraction of sp³-hybridized carbons (Fsp3) is 0.120. The summed E-state index contributed by atoms with van der Waals surface area (Å²) in [7, 11) is 0. The van der Waals surface area contributed by atoms with Gasteiger partial charge in [-0.3, -0.25) is 9.59 Å². The van der Waals surface area contributed by atoms with Gasteiger partial charge in [-0.1, -0.05) is 65.8 Å². The summed E-state index contributed by atoms with van der Waals surface area (Å²) >= 11 is 7.15. The van der Waals surface area contributed by atoms with Gasteiger partial charge in [0, 0.05) is 16.3 Å². The maximum atomic E-state index is 13.4. The van der Waals surface area contributed by atoms with Crippen LogP contribution < -0.4 is 5.32 Å². The predicted octanol–water partition coefficient (Wildman–Crippen LogP) is 5.43. The third-order valence-corrected chi connectivity index (χ3v) is 6.65. The van der Waals surface area contributed by atoms with Gasteiger partial charge in [0.2, 0.25) is 5.91 Å². The summed E-state index contributed by atoms with van der Waals surface area (Å²) < 4.78 is 0. The van der Waals surface area contributed by atoms with Crippen molar-refractivity contribution < 1.29 is 9.59 Å². The highest BCUT2D eigenvalue weighted by Gasteiger charge is 2.42.